The maximum Gasteiger partial charge on any atom is 0.252 e. The number of rotatable bonds is 1. The Bertz CT molecular complexity index is 756. The third-order valence-corrected chi connectivity index (χ3v) is 3.00. The number of hydrogen-bond donors (Lipinski definition) is 0. The Balaban J connectivity index is 2.33. The van der Waals surface area contributed by atoms with E-state index in [1.54, 1.807) is 13.8 Å². The van der Waals surface area contributed by atoms with Gasteiger partial charge in [0, 0.05) is 11.8 Å². The summed E-state index contributed by atoms with van der Waals surface area (Å²) in [5.41, 5.74) is 1.40. The summed E-state index contributed by atoms with van der Waals surface area (Å²) in [6, 6.07) is 2.59. The van der Waals surface area contributed by atoms with Crippen LogP contribution < -0.4 is 0 Å². The normalized spacial score (nSPS) is 11.2. The van der Waals surface area contributed by atoms with Gasteiger partial charge in [-0.25, -0.2) is 18.3 Å². The Kier molecular flexibility index (Phi) is 2.51. The van der Waals surface area contributed by atoms with E-state index in [0.29, 0.717) is 22.6 Å². The second-order valence-electron chi connectivity index (χ2n) is 4.33. The molecule has 0 amide bonds. The number of aryl methyl sites for hydroxylation is 2. The minimum atomic E-state index is -0.609. The van der Waals surface area contributed by atoms with Gasteiger partial charge in [-0.15, -0.1) is 0 Å². The van der Waals surface area contributed by atoms with Gasteiger partial charge in [-0.05, 0) is 31.5 Å². The van der Waals surface area contributed by atoms with Gasteiger partial charge in [0.15, 0.2) is 0 Å². The molecule has 0 aliphatic carbocycles. The highest BCUT2D eigenvalue weighted by Gasteiger charge is 2.17. The molecule has 0 aliphatic rings. The quantitative estimate of drug-likeness (QED) is 0.675. The van der Waals surface area contributed by atoms with Crippen LogP contribution in [0.1, 0.15) is 11.3 Å². The molecule has 96 valence electrons. The lowest BCUT2D eigenvalue weighted by molar-refractivity contribution is 0.587. The predicted octanol–water partition coefficient (Wildman–Crippen LogP) is 2.69. The fourth-order valence-corrected chi connectivity index (χ4v) is 2.09. The number of benzene rings is 1. The summed E-state index contributed by atoms with van der Waals surface area (Å²) < 4.78 is 29.4. The molecular formula is C13H10F2N4. The SMILES string of the molecule is Cc1cc(F)c(-c2cnc3ncnn3c2C)c(F)c1. The summed E-state index contributed by atoms with van der Waals surface area (Å²) in [4.78, 5) is 7.97. The molecule has 0 unspecified atom stereocenters. The molecule has 1 aromatic carbocycles. The lowest BCUT2D eigenvalue weighted by Crippen LogP contribution is -2.02. The van der Waals surface area contributed by atoms with Crippen molar-refractivity contribution in [3.63, 3.8) is 0 Å². The molecule has 2 heterocycles. The molecule has 0 atom stereocenters. The van der Waals surface area contributed by atoms with E-state index in [-0.39, 0.29) is 5.56 Å². The number of fused-ring (bicyclic) bond motifs is 1. The fraction of sp³-hybridized carbons (Fsp3) is 0.154. The van der Waals surface area contributed by atoms with Crippen LogP contribution in [0.3, 0.4) is 0 Å². The van der Waals surface area contributed by atoms with Gasteiger partial charge in [0.05, 0.1) is 11.3 Å². The van der Waals surface area contributed by atoms with Crippen LogP contribution in [0.15, 0.2) is 24.7 Å². The average molecular weight is 260 g/mol. The molecule has 0 fully saturated rings. The van der Waals surface area contributed by atoms with E-state index in [4.69, 9.17) is 0 Å². The van der Waals surface area contributed by atoms with Crippen molar-refractivity contribution in [3.05, 3.63) is 47.5 Å². The highest BCUT2D eigenvalue weighted by molar-refractivity contribution is 5.67. The predicted molar refractivity (Wildman–Crippen MR) is 65.6 cm³/mol. The van der Waals surface area contributed by atoms with Crippen molar-refractivity contribution in [2.24, 2.45) is 0 Å². The third kappa shape index (κ3) is 1.76. The minimum absolute atomic E-state index is 0.0898. The summed E-state index contributed by atoms with van der Waals surface area (Å²) >= 11 is 0. The first-order valence-corrected chi connectivity index (χ1v) is 5.69. The monoisotopic (exact) mass is 260 g/mol. The van der Waals surface area contributed by atoms with Crippen LogP contribution in [0, 0.1) is 25.5 Å². The first-order valence-electron chi connectivity index (χ1n) is 5.69. The van der Waals surface area contributed by atoms with Gasteiger partial charge >= 0.3 is 0 Å². The van der Waals surface area contributed by atoms with Gasteiger partial charge in [-0.1, -0.05) is 0 Å². The summed E-state index contributed by atoms with van der Waals surface area (Å²) in [6.45, 7) is 3.36. The summed E-state index contributed by atoms with van der Waals surface area (Å²) in [6.07, 6.45) is 2.76. The molecule has 3 aromatic rings. The van der Waals surface area contributed by atoms with Crippen molar-refractivity contribution in [2.45, 2.75) is 13.8 Å². The maximum absolute atomic E-state index is 14.0. The van der Waals surface area contributed by atoms with Crippen molar-refractivity contribution in [2.75, 3.05) is 0 Å². The molecule has 6 heteroatoms. The highest BCUT2D eigenvalue weighted by Crippen LogP contribution is 2.29. The highest BCUT2D eigenvalue weighted by atomic mass is 19.1. The molecule has 4 nitrogen and oxygen atoms in total. The van der Waals surface area contributed by atoms with Gasteiger partial charge in [-0.2, -0.15) is 10.1 Å². The zero-order chi connectivity index (χ0) is 13.6. The van der Waals surface area contributed by atoms with Crippen molar-refractivity contribution in [1.29, 1.82) is 0 Å². The molecule has 3 rings (SSSR count). The van der Waals surface area contributed by atoms with Crippen molar-refractivity contribution >= 4 is 5.78 Å². The van der Waals surface area contributed by atoms with Gasteiger partial charge < -0.3 is 0 Å². The molecule has 0 saturated heterocycles. The number of halogens is 2. The Hall–Kier alpha value is -2.37. The lowest BCUT2D eigenvalue weighted by Gasteiger charge is -2.09. The third-order valence-electron chi connectivity index (χ3n) is 3.00. The van der Waals surface area contributed by atoms with E-state index < -0.39 is 11.6 Å². The Morgan fingerprint density at radius 2 is 1.74 bits per heavy atom. The number of aromatic nitrogens is 4. The first kappa shape index (κ1) is 11.7. The van der Waals surface area contributed by atoms with Gasteiger partial charge in [-0.3, -0.25) is 0 Å². The smallest absolute Gasteiger partial charge is 0.219 e. The Labute approximate surface area is 107 Å². The van der Waals surface area contributed by atoms with E-state index in [9.17, 15) is 8.78 Å². The van der Waals surface area contributed by atoms with Crippen LogP contribution in [0.25, 0.3) is 16.9 Å². The van der Waals surface area contributed by atoms with E-state index in [1.807, 2.05) is 0 Å². The van der Waals surface area contributed by atoms with E-state index in [0.717, 1.165) is 0 Å². The maximum atomic E-state index is 14.0. The van der Waals surface area contributed by atoms with E-state index in [1.165, 1.54) is 29.2 Å². The molecule has 2 aromatic heterocycles. The molecule has 0 saturated carbocycles. The second-order valence-corrected chi connectivity index (χ2v) is 4.33. The number of hydrogen-bond acceptors (Lipinski definition) is 3. The van der Waals surface area contributed by atoms with Crippen LogP contribution in [-0.2, 0) is 0 Å². The van der Waals surface area contributed by atoms with Crippen molar-refractivity contribution < 1.29 is 8.78 Å². The topological polar surface area (TPSA) is 43.1 Å². The van der Waals surface area contributed by atoms with Crippen LogP contribution in [-0.4, -0.2) is 19.6 Å². The molecule has 0 N–H and O–H groups in total. The average Bonchev–Trinajstić information content (AvgIpc) is 2.79. The summed E-state index contributed by atoms with van der Waals surface area (Å²) in [7, 11) is 0. The van der Waals surface area contributed by atoms with Gasteiger partial charge in [0.25, 0.3) is 5.78 Å². The fourth-order valence-electron chi connectivity index (χ4n) is 2.09. The lowest BCUT2D eigenvalue weighted by atomic mass is 10.0. The van der Waals surface area contributed by atoms with E-state index in [2.05, 4.69) is 15.1 Å². The summed E-state index contributed by atoms with van der Waals surface area (Å²) in [5.74, 6) is -0.821. The zero-order valence-corrected chi connectivity index (χ0v) is 10.4. The summed E-state index contributed by atoms with van der Waals surface area (Å²) in [5, 5.41) is 3.98. The van der Waals surface area contributed by atoms with Crippen LogP contribution >= 0.6 is 0 Å². The van der Waals surface area contributed by atoms with Gasteiger partial charge in [0.1, 0.15) is 18.0 Å². The minimum Gasteiger partial charge on any atom is -0.219 e. The largest absolute Gasteiger partial charge is 0.252 e. The standard InChI is InChI=1S/C13H10F2N4/c1-7-3-10(14)12(11(15)4-7)9-5-16-13-17-6-18-19(13)8(9)2/h3-6H,1-2H3. The van der Waals surface area contributed by atoms with Crippen molar-refractivity contribution in [1.82, 2.24) is 19.6 Å². The Morgan fingerprint density at radius 1 is 1.05 bits per heavy atom. The van der Waals surface area contributed by atoms with Crippen molar-refractivity contribution in [3.8, 4) is 11.1 Å². The molecular weight excluding hydrogens is 250 g/mol. The second kappa shape index (κ2) is 4.08. The van der Waals surface area contributed by atoms with Crippen LogP contribution in [0.2, 0.25) is 0 Å². The number of nitrogens with zero attached hydrogens (tertiary/aromatic N) is 4. The molecule has 0 spiro atoms. The molecule has 19 heavy (non-hydrogen) atoms. The van der Waals surface area contributed by atoms with E-state index >= 15 is 0 Å². The van der Waals surface area contributed by atoms with Crippen LogP contribution in [0.4, 0.5) is 8.78 Å². The molecule has 0 bridgehead atoms. The van der Waals surface area contributed by atoms with Gasteiger partial charge in [0.2, 0.25) is 0 Å². The molecule has 0 aliphatic heterocycles. The Morgan fingerprint density at radius 3 is 2.42 bits per heavy atom. The zero-order valence-electron chi connectivity index (χ0n) is 10.4. The molecule has 0 radical (unpaired) electrons. The van der Waals surface area contributed by atoms with Crippen LogP contribution in [0.5, 0.6) is 0 Å². The first-order chi connectivity index (χ1) is 9.08.